The van der Waals surface area contributed by atoms with Gasteiger partial charge in [0.05, 0.1) is 12.2 Å². The van der Waals surface area contributed by atoms with Gasteiger partial charge in [0, 0.05) is 18.2 Å². The predicted molar refractivity (Wildman–Crippen MR) is 155 cm³/mol. The molecule has 0 aromatic heterocycles. The van der Waals surface area contributed by atoms with Gasteiger partial charge in [-0.15, -0.1) is 0 Å². The molecule has 0 spiro atoms. The Kier molecular flexibility index (Phi) is 8.62. The summed E-state index contributed by atoms with van der Waals surface area (Å²) in [6.07, 6.45) is 7.44. The number of phenols is 2. The average molecular weight is 506 g/mol. The van der Waals surface area contributed by atoms with Gasteiger partial charge < -0.3 is 20.3 Å². The highest BCUT2D eigenvalue weighted by atomic mass is 16.5. The minimum Gasteiger partial charge on any atom is -0.508 e. The van der Waals surface area contributed by atoms with Gasteiger partial charge in [-0.2, -0.15) is 0 Å². The monoisotopic (exact) mass is 505 g/mol. The summed E-state index contributed by atoms with van der Waals surface area (Å²) in [5.41, 5.74) is 5.33. The molecule has 4 aromatic rings. The van der Waals surface area contributed by atoms with Crippen LogP contribution in [0.2, 0.25) is 0 Å². The molecule has 5 nitrogen and oxygen atoms in total. The van der Waals surface area contributed by atoms with Crippen molar-refractivity contribution in [3.05, 3.63) is 120 Å². The van der Waals surface area contributed by atoms with E-state index in [0.29, 0.717) is 24.5 Å². The number of rotatable bonds is 10. The zero-order chi connectivity index (χ0) is 26.9. The van der Waals surface area contributed by atoms with Crippen LogP contribution < -0.4 is 10.1 Å². The van der Waals surface area contributed by atoms with E-state index in [-0.39, 0.29) is 17.1 Å². The molecule has 4 rings (SSSR count). The topological polar surface area (TPSA) is 78.8 Å². The van der Waals surface area contributed by atoms with Crippen molar-refractivity contribution in [2.75, 3.05) is 11.9 Å². The van der Waals surface area contributed by atoms with Crippen molar-refractivity contribution < 1.29 is 19.7 Å². The van der Waals surface area contributed by atoms with Gasteiger partial charge in [0.2, 0.25) is 0 Å². The molecule has 3 N–H and O–H groups in total. The second kappa shape index (κ2) is 12.5. The van der Waals surface area contributed by atoms with Crippen LogP contribution in [0.3, 0.4) is 0 Å². The van der Waals surface area contributed by atoms with Gasteiger partial charge in [-0.05, 0) is 70.6 Å². The van der Waals surface area contributed by atoms with Crippen molar-refractivity contribution in [2.45, 2.75) is 19.8 Å². The molecule has 192 valence electrons. The Morgan fingerprint density at radius 2 is 1.68 bits per heavy atom. The van der Waals surface area contributed by atoms with Crippen molar-refractivity contribution in [3.63, 3.8) is 0 Å². The largest absolute Gasteiger partial charge is 0.508 e. The van der Waals surface area contributed by atoms with E-state index in [4.69, 9.17) is 4.74 Å². The summed E-state index contributed by atoms with van der Waals surface area (Å²) in [6, 6.07) is 25.3. The molecule has 0 aliphatic carbocycles. The van der Waals surface area contributed by atoms with E-state index < -0.39 is 5.91 Å². The van der Waals surface area contributed by atoms with Crippen molar-refractivity contribution in [2.24, 2.45) is 0 Å². The van der Waals surface area contributed by atoms with E-state index in [1.54, 1.807) is 48.5 Å². The fraction of sp³-hybridized carbons (Fsp3) is 0.121. The van der Waals surface area contributed by atoms with E-state index in [1.165, 1.54) is 6.07 Å². The van der Waals surface area contributed by atoms with Crippen LogP contribution in [0, 0.1) is 0 Å². The third kappa shape index (κ3) is 6.51. The van der Waals surface area contributed by atoms with Crippen LogP contribution in [0.15, 0.2) is 97.6 Å². The normalized spacial score (nSPS) is 10.9. The highest BCUT2D eigenvalue weighted by molar-refractivity contribution is 6.07. The molecule has 0 unspecified atom stereocenters. The maximum absolute atomic E-state index is 13.1. The molecule has 0 atom stereocenters. The van der Waals surface area contributed by atoms with E-state index >= 15 is 0 Å². The highest BCUT2D eigenvalue weighted by Crippen LogP contribution is 2.29. The Morgan fingerprint density at radius 3 is 2.47 bits per heavy atom. The number of ether oxygens (including phenoxy) is 1. The predicted octanol–water partition coefficient (Wildman–Crippen LogP) is 7.70. The number of aromatic hydroxyl groups is 2. The summed E-state index contributed by atoms with van der Waals surface area (Å²) in [5, 5.41) is 23.2. The lowest BCUT2D eigenvalue weighted by Gasteiger charge is -2.12. The number of para-hydroxylation sites is 1. The molecule has 0 heterocycles. The van der Waals surface area contributed by atoms with Crippen LogP contribution in [-0.2, 0) is 6.42 Å². The summed E-state index contributed by atoms with van der Waals surface area (Å²) < 4.78 is 5.83. The molecule has 38 heavy (non-hydrogen) atoms. The van der Waals surface area contributed by atoms with Crippen molar-refractivity contribution in [1.82, 2.24) is 0 Å². The van der Waals surface area contributed by atoms with Crippen molar-refractivity contribution >= 4 is 23.7 Å². The van der Waals surface area contributed by atoms with Gasteiger partial charge >= 0.3 is 0 Å². The van der Waals surface area contributed by atoms with E-state index in [9.17, 15) is 15.0 Å². The zero-order valence-electron chi connectivity index (χ0n) is 21.4. The molecule has 1 amide bonds. The van der Waals surface area contributed by atoms with Crippen molar-refractivity contribution in [1.29, 1.82) is 0 Å². The Hall–Kier alpha value is -4.77. The van der Waals surface area contributed by atoms with E-state index in [0.717, 1.165) is 34.2 Å². The average Bonchev–Trinajstić information content (AvgIpc) is 2.93. The number of hydrogen-bond donors (Lipinski definition) is 3. The number of carbonyl (C=O) groups is 1. The minimum atomic E-state index is -0.426. The maximum atomic E-state index is 13.1. The van der Waals surface area contributed by atoms with Gasteiger partial charge in [-0.25, -0.2) is 0 Å². The van der Waals surface area contributed by atoms with Gasteiger partial charge in [0.25, 0.3) is 5.91 Å². The fourth-order valence-corrected chi connectivity index (χ4v) is 4.09. The maximum Gasteiger partial charge on any atom is 0.259 e. The number of allylic oxidation sites excluding steroid dienone is 1. The quantitative estimate of drug-likeness (QED) is 0.206. The summed E-state index contributed by atoms with van der Waals surface area (Å²) >= 11 is 0. The number of benzene rings is 4. The summed E-state index contributed by atoms with van der Waals surface area (Å²) in [6.45, 7) is 6.35. The van der Waals surface area contributed by atoms with Crippen LogP contribution in [0.25, 0.3) is 23.3 Å². The molecule has 0 saturated heterocycles. The molecule has 4 aromatic carbocycles. The Labute approximate surface area is 223 Å². The molecule has 0 fully saturated rings. The Bertz CT molecular complexity index is 1470. The first kappa shape index (κ1) is 26.3. The van der Waals surface area contributed by atoms with Gasteiger partial charge in [0.15, 0.2) is 0 Å². The Balaban J connectivity index is 1.48. The SMILES string of the molecule is C=Cc1ccc(-c2ccc(O)c(C(=O)Nc3cccc(OCCc4ccccc4O)c3)c2)cc1/C=C\CC. The number of carbonyl (C=O) groups excluding carboxylic acids is 1. The fourth-order valence-electron chi connectivity index (χ4n) is 4.09. The molecule has 0 aliphatic rings. The van der Waals surface area contributed by atoms with Crippen LogP contribution in [0.4, 0.5) is 5.69 Å². The lowest BCUT2D eigenvalue weighted by Crippen LogP contribution is -2.12. The molecule has 5 heteroatoms. The van der Waals surface area contributed by atoms with Crippen LogP contribution >= 0.6 is 0 Å². The van der Waals surface area contributed by atoms with Crippen molar-refractivity contribution in [3.8, 4) is 28.4 Å². The first-order chi connectivity index (χ1) is 18.5. The van der Waals surface area contributed by atoms with Gasteiger partial charge in [-0.3, -0.25) is 4.79 Å². The first-order valence-electron chi connectivity index (χ1n) is 12.6. The summed E-state index contributed by atoms with van der Waals surface area (Å²) in [4.78, 5) is 13.1. The van der Waals surface area contributed by atoms with Crippen LogP contribution in [-0.4, -0.2) is 22.7 Å². The minimum absolute atomic E-state index is 0.102. The van der Waals surface area contributed by atoms with Gasteiger partial charge in [-0.1, -0.05) is 74.2 Å². The summed E-state index contributed by atoms with van der Waals surface area (Å²) in [5.74, 6) is 0.301. The standard InChI is InChI=1S/C33H31NO4/c1-3-5-9-25-20-26(15-14-23(25)4-2)27-16-17-32(36)30(21-27)33(37)34-28-11-8-12-29(22-28)38-19-18-24-10-6-7-13-31(24)35/h4-17,20-22,35-36H,2-3,18-19H2,1H3,(H,34,37)/b9-5-. The summed E-state index contributed by atoms with van der Waals surface area (Å²) in [7, 11) is 0. The molecular formula is C33H31NO4. The number of amides is 1. The number of nitrogens with one attached hydrogen (secondary N) is 1. The molecule has 0 radical (unpaired) electrons. The molecule has 0 saturated carbocycles. The second-order valence-electron chi connectivity index (χ2n) is 8.80. The second-order valence-corrected chi connectivity index (χ2v) is 8.80. The van der Waals surface area contributed by atoms with Gasteiger partial charge in [0.1, 0.15) is 17.2 Å². The smallest absolute Gasteiger partial charge is 0.259 e. The highest BCUT2D eigenvalue weighted by Gasteiger charge is 2.14. The third-order valence-electron chi connectivity index (χ3n) is 6.14. The molecular weight excluding hydrogens is 474 g/mol. The van der Waals surface area contributed by atoms with E-state index in [1.807, 2.05) is 36.4 Å². The zero-order valence-corrected chi connectivity index (χ0v) is 21.4. The number of phenolic OH excluding ortho intramolecular Hbond substituents is 2. The third-order valence-corrected chi connectivity index (χ3v) is 6.14. The molecule has 0 aliphatic heterocycles. The first-order valence-corrected chi connectivity index (χ1v) is 12.6. The Morgan fingerprint density at radius 1 is 0.895 bits per heavy atom. The number of hydrogen-bond acceptors (Lipinski definition) is 4. The van der Waals surface area contributed by atoms with Crippen LogP contribution in [0.1, 0.15) is 40.4 Å². The lowest BCUT2D eigenvalue weighted by atomic mass is 9.97. The van der Waals surface area contributed by atoms with Crippen LogP contribution in [0.5, 0.6) is 17.2 Å². The molecule has 0 bridgehead atoms. The lowest BCUT2D eigenvalue weighted by molar-refractivity contribution is 0.102. The van der Waals surface area contributed by atoms with E-state index in [2.05, 4.69) is 31.0 Å². The number of anilines is 1.